The minimum Gasteiger partial charge on any atom is -0.392 e. The molecule has 1 fully saturated rings. The summed E-state index contributed by atoms with van der Waals surface area (Å²) < 4.78 is 1.53. The number of hydrogen-bond acceptors (Lipinski definition) is 4. The third-order valence-electron chi connectivity index (χ3n) is 3.26. The van der Waals surface area contributed by atoms with E-state index in [2.05, 4.69) is 9.88 Å². The number of aromatic nitrogens is 2. The van der Waals surface area contributed by atoms with Crippen molar-refractivity contribution in [2.24, 2.45) is 0 Å². The van der Waals surface area contributed by atoms with E-state index in [1.54, 1.807) is 12.3 Å². The van der Waals surface area contributed by atoms with E-state index in [0.717, 1.165) is 18.7 Å². The Morgan fingerprint density at radius 1 is 1.44 bits per heavy atom. The lowest BCUT2D eigenvalue weighted by Crippen LogP contribution is -2.24. The van der Waals surface area contributed by atoms with Crippen LogP contribution in [0.25, 0.3) is 5.65 Å². The summed E-state index contributed by atoms with van der Waals surface area (Å²) in [5, 5.41) is 9.48. The highest BCUT2D eigenvalue weighted by molar-refractivity contribution is 5.37. The standard InChI is InChI=1S/C13H15N3O2/c17-11-4-6-15(9-11)8-10-7-13(18)16-5-2-1-3-12(16)14-10/h1-3,5,7,11,17H,4,6,8-9H2/t11-/m1/s1. The first kappa shape index (κ1) is 11.4. The van der Waals surface area contributed by atoms with Crippen LogP contribution in [0.2, 0.25) is 0 Å². The van der Waals surface area contributed by atoms with Gasteiger partial charge in [0.25, 0.3) is 5.56 Å². The lowest BCUT2D eigenvalue weighted by atomic mass is 10.3. The van der Waals surface area contributed by atoms with Gasteiger partial charge in [0.05, 0.1) is 11.8 Å². The zero-order valence-corrected chi connectivity index (χ0v) is 9.99. The fourth-order valence-corrected chi connectivity index (χ4v) is 2.37. The van der Waals surface area contributed by atoms with Crippen LogP contribution in [0.4, 0.5) is 0 Å². The van der Waals surface area contributed by atoms with E-state index >= 15 is 0 Å². The van der Waals surface area contributed by atoms with Gasteiger partial charge in [0.1, 0.15) is 5.65 Å². The molecule has 0 aliphatic carbocycles. The molecule has 94 valence electrons. The summed E-state index contributed by atoms with van der Waals surface area (Å²) in [4.78, 5) is 18.5. The topological polar surface area (TPSA) is 57.8 Å². The molecular weight excluding hydrogens is 230 g/mol. The van der Waals surface area contributed by atoms with Crippen molar-refractivity contribution in [2.75, 3.05) is 13.1 Å². The van der Waals surface area contributed by atoms with Crippen molar-refractivity contribution in [2.45, 2.75) is 19.1 Å². The summed E-state index contributed by atoms with van der Waals surface area (Å²) in [7, 11) is 0. The van der Waals surface area contributed by atoms with E-state index in [1.165, 1.54) is 4.40 Å². The van der Waals surface area contributed by atoms with Gasteiger partial charge >= 0.3 is 0 Å². The fourth-order valence-electron chi connectivity index (χ4n) is 2.37. The first-order valence-corrected chi connectivity index (χ1v) is 6.10. The van der Waals surface area contributed by atoms with Crippen LogP contribution in [0.3, 0.4) is 0 Å². The minimum atomic E-state index is -0.244. The molecule has 3 rings (SSSR count). The average molecular weight is 245 g/mol. The second-order valence-corrected chi connectivity index (χ2v) is 4.69. The van der Waals surface area contributed by atoms with E-state index in [-0.39, 0.29) is 11.7 Å². The number of β-amino-alcohol motifs (C(OH)–C–C–N with tert-alkyl or cyclic N) is 1. The van der Waals surface area contributed by atoms with Crippen LogP contribution in [-0.4, -0.2) is 38.6 Å². The zero-order chi connectivity index (χ0) is 12.5. The van der Waals surface area contributed by atoms with Crippen LogP contribution in [0.1, 0.15) is 12.1 Å². The first-order chi connectivity index (χ1) is 8.72. The minimum absolute atomic E-state index is 0.0599. The van der Waals surface area contributed by atoms with E-state index < -0.39 is 0 Å². The number of aliphatic hydroxyl groups is 1. The number of aliphatic hydroxyl groups excluding tert-OH is 1. The van der Waals surface area contributed by atoms with Crippen LogP contribution in [0.5, 0.6) is 0 Å². The highest BCUT2D eigenvalue weighted by atomic mass is 16.3. The summed E-state index contributed by atoms with van der Waals surface area (Å²) >= 11 is 0. The largest absolute Gasteiger partial charge is 0.392 e. The molecule has 0 spiro atoms. The van der Waals surface area contributed by atoms with Gasteiger partial charge in [-0.2, -0.15) is 0 Å². The molecule has 3 heterocycles. The van der Waals surface area contributed by atoms with Gasteiger partial charge in [0, 0.05) is 31.9 Å². The molecule has 1 aliphatic heterocycles. The maximum Gasteiger partial charge on any atom is 0.258 e. The molecule has 0 saturated carbocycles. The van der Waals surface area contributed by atoms with Crippen molar-refractivity contribution < 1.29 is 5.11 Å². The molecular formula is C13H15N3O2. The quantitative estimate of drug-likeness (QED) is 0.824. The Morgan fingerprint density at radius 2 is 2.33 bits per heavy atom. The number of likely N-dealkylation sites (tertiary alicyclic amines) is 1. The molecule has 1 saturated heterocycles. The van der Waals surface area contributed by atoms with Crippen molar-refractivity contribution in [1.82, 2.24) is 14.3 Å². The van der Waals surface area contributed by atoms with Gasteiger partial charge in [-0.3, -0.25) is 14.1 Å². The number of pyridine rings is 1. The predicted molar refractivity (Wildman–Crippen MR) is 67.4 cm³/mol. The number of fused-ring (bicyclic) bond motifs is 1. The molecule has 0 aromatic carbocycles. The highest BCUT2D eigenvalue weighted by Crippen LogP contribution is 2.11. The SMILES string of the molecule is O=c1cc(CN2CC[C@@H](O)C2)nc2ccccn12. The van der Waals surface area contributed by atoms with E-state index in [1.807, 2.05) is 18.2 Å². The summed E-state index contributed by atoms with van der Waals surface area (Å²) in [5.74, 6) is 0. The van der Waals surface area contributed by atoms with Crippen molar-refractivity contribution in [1.29, 1.82) is 0 Å². The lowest BCUT2D eigenvalue weighted by Gasteiger charge is -2.14. The van der Waals surface area contributed by atoms with Crippen molar-refractivity contribution in [3.05, 3.63) is 46.5 Å². The maximum absolute atomic E-state index is 11.9. The molecule has 5 heteroatoms. The van der Waals surface area contributed by atoms with Crippen LogP contribution in [0, 0.1) is 0 Å². The monoisotopic (exact) mass is 245 g/mol. The zero-order valence-electron chi connectivity index (χ0n) is 9.99. The summed E-state index contributed by atoms with van der Waals surface area (Å²) in [6.45, 7) is 2.14. The second kappa shape index (κ2) is 4.51. The maximum atomic E-state index is 11.9. The first-order valence-electron chi connectivity index (χ1n) is 6.10. The number of hydrogen-bond donors (Lipinski definition) is 1. The molecule has 1 aliphatic rings. The Balaban J connectivity index is 1.91. The average Bonchev–Trinajstić information content (AvgIpc) is 2.75. The lowest BCUT2D eigenvalue weighted by molar-refractivity contribution is 0.174. The Hall–Kier alpha value is -1.72. The predicted octanol–water partition coefficient (Wildman–Crippen LogP) is 0.261. The van der Waals surface area contributed by atoms with Gasteiger partial charge < -0.3 is 5.11 Å². The Kier molecular flexibility index (Phi) is 2.85. The molecule has 2 aromatic rings. The van der Waals surface area contributed by atoms with Gasteiger partial charge in [-0.05, 0) is 18.6 Å². The van der Waals surface area contributed by atoms with Gasteiger partial charge in [-0.1, -0.05) is 6.07 Å². The molecule has 0 amide bonds. The molecule has 1 atom stereocenters. The Bertz CT molecular complexity index is 623. The van der Waals surface area contributed by atoms with Crippen LogP contribution >= 0.6 is 0 Å². The van der Waals surface area contributed by atoms with Gasteiger partial charge in [-0.15, -0.1) is 0 Å². The number of nitrogens with zero attached hydrogens (tertiary/aromatic N) is 3. The summed E-state index contributed by atoms with van der Waals surface area (Å²) in [6.07, 6.45) is 2.27. The van der Waals surface area contributed by atoms with E-state index in [9.17, 15) is 9.90 Å². The Labute approximate surface area is 104 Å². The molecule has 2 aromatic heterocycles. The van der Waals surface area contributed by atoms with Crippen LogP contribution in [-0.2, 0) is 6.54 Å². The van der Waals surface area contributed by atoms with Crippen LogP contribution < -0.4 is 5.56 Å². The summed E-state index contributed by atoms with van der Waals surface area (Å²) in [5.41, 5.74) is 1.37. The van der Waals surface area contributed by atoms with Crippen molar-refractivity contribution in [3.63, 3.8) is 0 Å². The highest BCUT2D eigenvalue weighted by Gasteiger charge is 2.20. The van der Waals surface area contributed by atoms with Crippen LogP contribution in [0.15, 0.2) is 35.3 Å². The molecule has 1 N–H and O–H groups in total. The van der Waals surface area contributed by atoms with Crippen molar-refractivity contribution in [3.8, 4) is 0 Å². The Morgan fingerprint density at radius 3 is 3.11 bits per heavy atom. The molecule has 18 heavy (non-hydrogen) atoms. The second-order valence-electron chi connectivity index (χ2n) is 4.69. The molecule has 5 nitrogen and oxygen atoms in total. The van der Waals surface area contributed by atoms with E-state index in [0.29, 0.717) is 18.7 Å². The third kappa shape index (κ3) is 2.14. The number of rotatable bonds is 2. The third-order valence-corrected chi connectivity index (χ3v) is 3.26. The van der Waals surface area contributed by atoms with E-state index in [4.69, 9.17) is 0 Å². The molecule has 0 unspecified atom stereocenters. The van der Waals surface area contributed by atoms with Crippen molar-refractivity contribution >= 4 is 5.65 Å². The normalized spacial score (nSPS) is 20.6. The summed E-state index contributed by atoms with van der Waals surface area (Å²) in [6, 6.07) is 7.07. The van der Waals surface area contributed by atoms with Gasteiger partial charge in [-0.25, -0.2) is 4.98 Å². The fraction of sp³-hybridized carbons (Fsp3) is 0.385. The van der Waals surface area contributed by atoms with Gasteiger partial charge in [0.2, 0.25) is 0 Å². The van der Waals surface area contributed by atoms with Gasteiger partial charge in [0.15, 0.2) is 0 Å². The molecule has 0 radical (unpaired) electrons. The smallest absolute Gasteiger partial charge is 0.258 e. The molecule has 0 bridgehead atoms.